The van der Waals surface area contributed by atoms with Crippen LogP contribution in [0.2, 0.25) is 0 Å². The Balaban J connectivity index is 1.83. The van der Waals surface area contributed by atoms with Gasteiger partial charge in [-0.1, -0.05) is 24.3 Å². The third kappa shape index (κ3) is 8.72. The number of hydrogen-bond acceptors (Lipinski definition) is 4. The van der Waals surface area contributed by atoms with Crippen molar-refractivity contribution in [2.45, 2.75) is 59.8 Å². The molecule has 0 amide bonds. The van der Waals surface area contributed by atoms with Gasteiger partial charge in [-0.25, -0.2) is 4.99 Å². The summed E-state index contributed by atoms with van der Waals surface area (Å²) in [7, 11) is 0. The molecule has 0 saturated carbocycles. The summed E-state index contributed by atoms with van der Waals surface area (Å²) in [5.41, 5.74) is 2.59. The van der Waals surface area contributed by atoms with E-state index in [1.807, 2.05) is 0 Å². The minimum absolute atomic E-state index is 0.548. The minimum atomic E-state index is 0.548. The van der Waals surface area contributed by atoms with Crippen molar-refractivity contribution in [3.8, 4) is 0 Å². The molecule has 6 heteroatoms. The van der Waals surface area contributed by atoms with Crippen LogP contribution in [-0.2, 0) is 17.8 Å². The smallest absolute Gasteiger partial charge is 0.191 e. The molecule has 1 fully saturated rings. The van der Waals surface area contributed by atoms with Gasteiger partial charge in [-0.2, -0.15) is 0 Å². The van der Waals surface area contributed by atoms with Crippen molar-refractivity contribution in [3.63, 3.8) is 0 Å². The highest BCUT2D eigenvalue weighted by Gasteiger charge is 2.13. The number of ether oxygens (including phenoxy) is 1. The van der Waals surface area contributed by atoms with Crippen molar-refractivity contribution in [2.75, 3.05) is 45.9 Å². The van der Waals surface area contributed by atoms with E-state index in [-0.39, 0.29) is 0 Å². The van der Waals surface area contributed by atoms with E-state index in [0.29, 0.717) is 18.6 Å². The molecule has 29 heavy (non-hydrogen) atoms. The Labute approximate surface area is 177 Å². The summed E-state index contributed by atoms with van der Waals surface area (Å²) in [5, 5.41) is 6.83. The van der Waals surface area contributed by atoms with Gasteiger partial charge in [-0.15, -0.1) is 0 Å². The summed E-state index contributed by atoms with van der Waals surface area (Å²) in [6.45, 7) is 19.3. The number of morpholine rings is 1. The van der Waals surface area contributed by atoms with Gasteiger partial charge < -0.3 is 15.4 Å². The van der Waals surface area contributed by atoms with Crippen molar-refractivity contribution >= 4 is 5.96 Å². The van der Waals surface area contributed by atoms with Crippen molar-refractivity contribution in [2.24, 2.45) is 4.99 Å². The van der Waals surface area contributed by atoms with Gasteiger partial charge in [-0.3, -0.25) is 9.80 Å². The summed E-state index contributed by atoms with van der Waals surface area (Å²) in [4.78, 5) is 9.70. The molecule has 164 valence electrons. The van der Waals surface area contributed by atoms with Gasteiger partial charge in [0.15, 0.2) is 5.96 Å². The highest BCUT2D eigenvalue weighted by atomic mass is 16.5. The van der Waals surface area contributed by atoms with Crippen LogP contribution in [-0.4, -0.2) is 73.8 Å². The predicted octanol–water partition coefficient (Wildman–Crippen LogP) is 2.69. The Kier molecular flexibility index (Phi) is 10.5. The van der Waals surface area contributed by atoms with Crippen molar-refractivity contribution in [1.29, 1.82) is 0 Å². The fourth-order valence-electron chi connectivity index (χ4n) is 3.70. The van der Waals surface area contributed by atoms with Gasteiger partial charge in [-0.05, 0) is 45.7 Å². The average molecular weight is 404 g/mol. The molecule has 2 rings (SSSR count). The van der Waals surface area contributed by atoms with Crippen LogP contribution >= 0.6 is 0 Å². The van der Waals surface area contributed by atoms with E-state index in [0.717, 1.165) is 58.4 Å². The molecule has 0 aliphatic carbocycles. The van der Waals surface area contributed by atoms with Crippen LogP contribution in [0.1, 0.15) is 45.7 Å². The molecule has 1 aliphatic rings. The van der Waals surface area contributed by atoms with Crippen LogP contribution in [0.3, 0.4) is 0 Å². The van der Waals surface area contributed by atoms with Crippen molar-refractivity contribution < 1.29 is 4.74 Å². The Hall–Kier alpha value is -1.63. The normalized spacial score (nSPS) is 16.1. The SMILES string of the molecule is CCNC(=NCc1ccc(CN2CCOCC2)cc1)NCCN(C(C)C)C(C)C. The van der Waals surface area contributed by atoms with E-state index in [4.69, 9.17) is 9.73 Å². The maximum Gasteiger partial charge on any atom is 0.191 e. The molecule has 0 bridgehead atoms. The van der Waals surface area contributed by atoms with Crippen LogP contribution in [0, 0.1) is 0 Å². The van der Waals surface area contributed by atoms with E-state index < -0.39 is 0 Å². The third-order valence-electron chi connectivity index (χ3n) is 5.29. The highest BCUT2D eigenvalue weighted by Crippen LogP contribution is 2.10. The molecule has 0 spiro atoms. The van der Waals surface area contributed by atoms with Gasteiger partial charge in [0, 0.05) is 51.4 Å². The third-order valence-corrected chi connectivity index (χ3v) is 5.29. The molecule has 1 heterocycles. The lowest BCUT2D eigenvalue weighted by Crippen LogP contribution is -2.45. The molecule has 1 saturated heterocycles. The summed E-state index contributed by atoms with van der Waals surface area (Å²) < 4.78 is 5.42. The molecule has 1 aliphatic heterocycles. The lowest BCUT2D eigenvalue weighted by molar-refractivity contribution is 0.0342. The molecular weight excluding hydrogens is 362 g/mol. The van der Waals surface area contributed by atoms with Crippen LogP contribution < -0.4 is 10.6 Å². The zero-order valence-corrected chi connectivity index (χ0v) is 19.1. The maximum atomic E-state index is 5.42. The Bertz CT molecular complexity index is 586. The molecule has 1 aromatic rings. The first-order valence-corrected chi connectivity index (χ1v) is 11.2. The number of guanidine groups is 1. The summed E-state index contributed by atoms with van der Waals surface area (Å²) in [6, 6.07) is 9.94. The highest BCUT2D eigenvalue weighted by molar-refractivity contribution is 5.79. The number of rotatable bonds is 10. The first-order valence-electron chi connectivity index (χ1n) is 11.2. The van der Waals surface area contributed by atoms with Crippen LogP contribution in [0.4, 0.5) is 0 Å². The zero-order chi connectivity index (χ0) is 21.1. The largest absolute Gasteiger partial charge is 0.379 e. The van der Waals surface area contributed by atoms with Crippen LogP contribution in [0.5, 0.6) is 0 Å². The standard InChI is InChI=1S/C23H41N5O/c1-6-24-23(25-11-12-28(19(2)3)20(4)5)26-17-21-7-9-22(10-8-21)18-27-13-15-29-16-14-27/h7-10,19-20H,6,11-18H2,1-5H3,(H2,24,25,26). The van der Waals surface area contributed by atoms with E-state index >= 15 is 0 Å². The second-order valence-corrected chi connectivity index (χ2v) is 8.25. The molecule has 1 aromatic carbocycles. The second kappa shape index (κ2) is 12.8. The van der Waals surface area contributed by atoms with Crippen molar-refractivity contribution in [3.05, 3.63) is 35.4 Å². The maximum absolute atomic E-state index is 5.42. The van der Waals surface area contributed by atoms with Gasteiger partial charge in [0.05, 0.1) is 19.8 Å². The first-order chi connectivity index (χ1) is 14.0. The van der Waals surface area contributed by atoms with E-state index in [9.17, 15) is 0 Å². The Morgan fingerprint density at radius 2 is 1.66 bits per heavy atom. The predicted molar refractivity (Wildman–Crippen MR) is 122 cm³/mol. The fourth-order valence-corrected chi connectivity index (χ4v) is 3.70. The van der Waals surface area contributed by atoms with Crippen LogP contribution in [0.15, 0.2) is 29.3 Å². The average Bonchev–Trinajstić information content (AvgIpc) is 2.70. The Morgan fingerprint density at radius 3 is 2.24 bits per heavy atom. The van der Waals surface area contributed by atoms with E-state index in [2.05, 4.69) is 79.3 Å². The monoisotopic (exact) mass is 403 g/mol. The molecule has 0 radical (unpaired) electrons. The van der Waals surface area contributed by atoms with Gasteiger partial charge in [0.1, 0.15) is 0 Å². The zero-order valence-electron chi connectivity index (χ0n) is 19.1. The van der Waals surface area contributed by atoms with Gasteiger partial charge in [0.25, 0.3) is 0 Å². The second-order valence-electron chi connectivity index (χ2n) is 8.25. The number of nitrogens with one attached hydrogen (secondary N) is 2. The van der Waals surface area contributed by atoms with E-state index in [1.54, 1.807) is 0 Å². The lowest BCUT2D eigenvalue weighted by atomic mass is 10.1. The molecule has 0 aromatic heterocycles. The summed E-state index contributed by atoms with van der Waals surface area (Å²) in [6.07, 6.45) is 0. The number of hydrogen-bond donors (Lipinski definition) is 2. The quantitative estimate of drug-likeness (QED) is 0.465. The number of aliphatic imine (C=N–C) groups is 1. The summed E-state index contributed by atoms with van der Waals surface area (Å²) >= 11 is 0. The number of nitrogens with zero attached hydrogens (tertiary/aromatic N) is 3. The fraction of sp³-hybridized carbons (Fsp3) is 0.696. The van der Waals surface area contributed by atoms with Gasteiger partial charge in [0.2, 0.25) is 0 Å². The first kappa shape index (κ1) is 23.6. The molecular formula is C23H41N5O. The van der Waals surface area contributed by atoms with Crippen LogP contribution in [0.25, 0.3) is 0 Å². The van der Waals surface area contributed by atoms with Gasteiger partial charge >= 0.3 is 0 Å². The molecule has 2 N–H and O–H groups in total. The summed E-state index contributed by atoms with van der Waals surface area (Å²) in [5.74, 6) is 0.886. The minimum Gasteiger partial charge on any atom is -0.379 e. The lowest BCUT2D eigenvalue weighted by Gasteiger charge is -2.30. The van der Waals surface area contributed by atoms with E-state index in [1.165, 1.54) is 11.1 Å². The molecule has 6 nitrogen and oxygen atoms in total. The number of benzene rings is 1. The molecule has 0 unspecified atom stereocenters. The Morgan fingerprint density at radius 1 is 1.03 bits per heavy atom. The molecule has 0 atom stereocenters. The van der Waals surface area contributed by atoms with Crippen molar-refractivity contribution in [1.82, 2.24) is 20.4 Å². The topological polar surface area (TPSA) is 52.1 Å².